The molecule has 0 aliphatic heterocycles. The molecule has 0 aliphatic rings. The van der Waals surface area contributed by atoms with Gasteiger partial charge in [-0.15, -0.1) is 0 Å². The highest BCUT2D eigenvalue weighted by atomic mass is 31.2. The first-order chi connectivity index (χ1) is 25.3. The number of hydrogen-bond donors (Lipinski definition) is 2. The third-order valence-corrected chi connectivity index (χ3v) is 9.96. The van der Waals surface area contributed by atoms with E-state index < -0.39 is 32.5 Å². The lowest BCUT2D eigenvalue weighted by atomic mass is 10.0. The first-order valence-electron chi connectivity index (χ1n) is 21.6. The number of unbranched alkanes of at least 4 members (excludes halogenated alkanes) is 26. The molecular formula is C43H81O8P. The maximum absolute atomic E-state index is 12.4. The molecule has 0 bridgehead atoms. The third kappa shape index (κ3) is 41.3. The van der Waals surface area contributed by atoms with Gasteiger partial charge >= 0.3 is 19.8 Å². The first-order valence-corrected chi connectivity index (χ1v) is 23.2. The predicted octanol–water partition coefficient (Wildman–Crippen LogP) is 13.2. The summed E-state index contributed by atoms with van der Waals surface area (Å²) < 4.78 is 26.4. The summed E-state index contributed by atoms with van der Waals surface area (Å²) in [6.45, 7) is 3.68. The molecule has 52 heavy (non-hydrogen) atoms. The number of esters is 2. The quantitative estimate of drug-likeness (QED) is 0.0274. The summed E-state index contributed by atoms with van der Waals surface area (Å²) in [6, 6.07) is 0. The van der Waals surface area contributed by atoms with Crippen molar-refractivity contribution in [2.24, 2.45) is 0 Å². The van der Waals surface area contributed by atoms with Gasteiger partial charge in [-0.2, -0.15) is 0 Å². The zero-order valence-corrected chi connectivity index (χ0v) is 34.6. The van der Waals surface area contributed by atoms with Gasteiger partial charge in [-0.25, -0.2) is 4.57 Å². The largest absolute Gasteiger partial charge is 0.469 e. The molecule has 0 rings (SSSR count). The van der Waals surface area contributed by atoms with Crippen molar-refractivity contribution in [3.05, 3.63) is 24.3 Å². The van der Waals surface area contributed by atoms with E-state index in [0.717, 1.165) is 51.4 Å². The van der Waals surface area contributed by atoms with E-state index in [1.54, 1.807) is 0 Å². The summed E-state index contributed by atoms with van der Waals surface area (Å²) in [5.74, 6) is -0.884. The number of rotatable bonds is 40. The van der Waals surface area contributed by atoms with Gasteiger partial charge in [0.05, 0.1) is 6.61 Å². The van der Waals surface area contributed by atoms with Crippen LogP contribution in [0.5, 0.6) is 0 Å². The number of phosphoric acid groups is 1. The lowest BCUT2D eigenvalue weighted by Crippen LogP contribution is -2.29. The van der Waals surface area contributed by atoms with Crippen LogP contribution in [0.2, 0.25) is 0 Å². The normalized spacial score (nSPS) is 12.6. The Balaban J connectivity index is 3.89. The highest BCUT2D eigenvalue weighted by Crippen LogP contribution is 2.36. The van der Waals surface area contributed by atoms with E-state index in [1.165, 1.54) is 135 Å². The molecule has 0 radical (unpaired) electrons. The second-order valence-corrected chi connectivity index (χ2v) is 15.9. The van der Waals surface area contributed by atoms with Crippen LogP contribution in [0.4, 0.5) is 0 Å². The second-order valence-electron chi connectivity index (χ2n) is 14.7. The molecule has 0 aliphatic carbocycles. The minimum atomic E-state index is -4.75. The Morgan fingerprint density at radius 3 is 1.31 bits per heavy atom. The predicted molar refractivity (Wildman–Crippen MR) is 216 cm³/mol. The molecule has 306 valence electrons. The molecule has 0 fully saturated rings. The first kappa shape index (κ1) is 50.5. The Hall–Kier alpha value is -1.47. The Kier molecular flexibility index (Phi) is 38.1. The lowest BCUT2D eigenvalue weighted by Gasteiger charge is -2.18. The van der Waals surface area contributed by atoms with Crippen molar-refractivity contribution in [3.8, 4) is 0 Å². The van der Waals surface area contributed by atoms with E-state index in [4.69, 9.17) is 19.3 Å². The van der Waals surface area contributed by atoms with Gasteiger partial charge in [0.15, 0.2) is 6.10 Å². The Labute approximate surface area is 319 Å². The van der Waals surface area contributed by atoms with Gasteiger partial charge in [0, 0.05) is 12.8 Å². The molecule has 0 saturated heterocycles. The highest BCUT2D eigenvalue weighted by molar-refractivity contribution is 7.46. The van der Waals surface area contributed by atoms with Gasteiger partial charge < -0.3 is 19.3 Å². The van der Waals surface area contributed by atoms with Crippen LogP contribution < -0.4 is 0 Å². The van der Waals surface area contributed by atoms with Crippen LogP contribution in [-0.4, -0.2) is 41.0 Å². The monoisotopic (exact) mass is 757 g/mol. The number of phosphoric ester groups is 1. The van der Waals surface area contributed by atoms with Crippen LogP contribution in [-0.2, 0) is 28.2 Å². The average Bonchev–Trinajstić information content (AvgIpc) is 3.11. The van der Waals surface area contributed by atoms with Crippen molar-refractivity contribution in [1.29, 1.82) is 0 Å². The van der Waals surface area contributed by atoms with Crippen LogP contribution >= 0.6 is 7.82 Å². The zero-order chi connectivity index (χ0) is 38.2. The Morgan fingerprint density at radius 1 is 0.500 bits per heavy atom. The molecule has 0 spiro atoms. The molecule has 0 aromatic carbocycles. The number of carbonyl (C=O) groups is 2. The number of carbonyl (C=O) groups excluding carboxylic acids is 2. The van der Waals surface area contributed by atoms with E-state index in [1.807, 2.05) is 0 Å². The zero-order valence-electron chi connectivity index (χ0n) is 33.7. The topological polar surface area (TPSA) is 119 Å². The van der Waals surface area contributed by atoms with Crippen molar-refractivity contribution < 1.29 is 37.9 Å². The molecule has 8 nitrogen and oxygen atoms in total. The van der Waals surface area contributed by atoms with Crippen molar-refractivity contribution in [3.63, 3.8) is 0 Å². The summed E-state index contributed by atoms with van der Waals surface area (Å²) in [6.07, 6.45) is 44.7. The summed E-state index contributed by atoms with van der Waals surface area (Å²) in [5.41, 5.74) is 0. The smallest absolute Gasteiger partial charge is 0.462 e. The molecule has 0 aromatic rings. The van der Waals surface area contributed by atoms with Crippen LogP contribution in [0, 0.1) is 0 Å². The minimum Gasteiger partial charge on any atom is -0.462 e. The average molecular weight is 757 g/mol. The Morgan fingerprint density at radius 2 is 0.865 bits per heavy atom. The van der Waals surface area contributed by atoms with Crippen molar-refractivity contribution in [2.75, 3.05) is 13.2 Å². The minimum absolute atomic E-state index is 0.206. The summed E-state index contributed by atoms with van der Waals surface area (Å²) in [5, 5.41) is 0. The standard InChI is InChI=1S/C43H81O8P/c1-3-5-7-9-11-13-15-17-19-21-23-25-27-29-31-33-35-37-42(44)49-39-41(40-50-52(46,47)48)51-43(45)38-36-34-32-30-28-26-24-22-20-18-16-14-12-10-8-6-4-2/h12,14,18,20,41H,3-11,13,15-17,19,21-40H2,1-2H3,(H2,46,47,48)/b14-12-,20-18-. The molecule has 0 aromatic heterocycles. The SMILES string of the molecule is CCCCC/C=C\C/C=C\CCCCCCCCCC(=O)OC(COC(=O)CCCCCCCCCCCCCCCCCCC)COP(=O)(O)O. The van der Waals surface area contributed by atoms with E-state index in [2.05, 4.69) is 42.7 Å². The molecule has 0 heterocycles. The molecule has 1 unspecified atom stereocenters. The molecular weight excluding hydrogens is 675 g/mol. The fraction of sp³-hybridized carbons (Fsp3) is 0.860. The van der Waals surface area contributed by atoms with Crippen molar-refractivity contribution >= 4 is 19.8 Å². The van der Waals surface area contributed by atoms with E-state index in [0.29, 0.717) is 6.42 Å². The van der Waals surface area contributed by atoms with Gasteiger partial charge in [-0.3, -0.25) is 14.1 Å². The van der Waals surface area contributed by atoms with Gasteiger partial charge in [0.25, 0.3) is 0 Å². The molecule has 2 N–H and O–H groups in total. The molecule has 0 saturated carbocycles. The van der Waals surface area contributed by atoms with Gasteiger partial charge in [0.2, 0.25) is 0 Å². The van der Waals surface area contributed by atoms with Gasteiger partial charge in [0.1, 0.15) is 6.61 Å². The highest BCUT2D eigenvalue weighted by Gasteiger charge is 2.22. The van der Waals surface area contributed by atoms with Crippen LogP contribution in [0.25, 0.3) is 0 Å². The van der Waals surface area contributed by atoms with Crippen LogP contribution in [0.1, 0.15) is 219 Å². The van der Waals surface area contributed by atoms with Gasteiger partial charge in [-0.1, -0.05) is 186 Å². The molecule has 1 atom stereocenters. The summed E-state index contributed by atoms with van der Waals surface area (Å²) >= 11 is 0. The molecule has 9 heteroatoms. The summed E-state index contributed by atoms with van der Waals surface area (Å²) in [4.78, 5) is 42.9. The van der Waals surface area contributed by atoms with E-state index >= 15 is 0 Å². The van der Waals surface area contributed by atoms with Crippen LogP contribution in [0.3, 0.4) is 0 Å². The molecule has 0 amide bonds. The fourth-order valence-electron chi connectivity index (χ4n) is 6.23. The van der Waals surface area contributed by atoms with Crippen molar-refractivity contribution in [2.45, 2.75) is 225 Å². The Bertz CT molecular complexity index is 900. The van der Waals surface area contributed by atoms with E-state index in [9.17, 15) is 14.2 Å². The number of allylic oxidation sites excluding steroid dienone is 4. The van der Waals surface area contributed by atoms with Gasteiger partial charge in [-0.05, 0) is 44.9 Å². The van der Waals surface area contributed by atoms with Crippen LogP contribution in [0.15, 0.2) is 24.3 Å². The maximum Gasteiger partial charge on any atom is 0.469 e. The maximum atomic E-state index is 12.4. The fourth-order valence-corrected chi connectivity index (χ4v) is 6.59. The third-order valence-electron chi connectivity index (χ3n) is 9.47. The lowest BCUT2D eigenvalue weighted by molar-refractivity contribution is -0.161. The number of ether oxygens (including phenoxy) is 2. The second kappa shape index (κ2) is 39.2. The number of hydrogen-bond acceptors (Lipinski definition) is 6. The summed E-state index contributed by atoms with van der Waals surface area (Å²) in [7, 11) is -4.75. The van der Waals surface area contributed by atoms with E-state index in [-0.39, 0.29) is 19.4 Å². The van der Waals surface area contributed by atoms with Crippen molar-refractivity contribution in [1.82, 2.24) is 0 Å².